The van der Waals surface area contributed by atoms with Crippen molar-refractivity contribution < 1.29 is 38.0 Å². The number of quaternary nitrogens is 1. The smallest absolute Gasteiger partial charge is 0.303 e. The molecule has 0 unspecified atom stereocenters. The zero-order valence-corrected chi connectivity index (χ0v) is 10.9. The van der Waals surface area contributed by atoms with Gasteiger partial charge in [-0.1, -0.05) is 0 Å². The van der Waals surface area contributed by atoms with Crippen molar-refractivity contribution in [3.63, 3.8) is 0 Å². The number of hydrogen-bond donors (Lipinski definition) is 0. The molecule has 0 spiro atoms. The minimum Gasteiger partial charge on any atom is -1.00 e. The lowest BCUT2D eigenvalue weighted by atomic mass is 9.86. The van der Waals surface area contributed by atoms with Crippen LogP contribution >= 0.6 is 0 Å². The molecule has 1 aliphatic rings. The first kappa shape index (κ1) is 13.2. The number of rotatable bonds is 2. The average molecular weight is 299 g/mol. The normalized spacial score (nSPS) is 27.1. The van der Waals surface area contributed by atoms with Crippen molar-refractivity contribution in [2.24, 2.45) is 0 Å². The van der Waals surface area contributed by atoms with E-state index in [1.165, 1.54) is 13.3 Å². The van der Waals surface area contributed by atoms with E-state index in [2.05, 4.69) is 21.1 Å². The summed E-state index contributed by atoms with van der Waals surface area (Å²) in [6.07, 6.45) is 2.35. The van der Waals surface area contributed by atoms with Crippen LogP contribution in [0.2, 0.25) is 0 Å². The highest BCUT2D eigenvalue weighted by molar-refractivity contribution is 5.66. The van der Waals surface area contributed by atoms with Crippen LogP contribution in [0.5, 0.6) is 0 Å². The summed E-state index contributed by atoms with van der Waals surface area (Å²) >= 11 is 0. The van der Waals surface area contributed by atoms with Crippen LogP contribution in [0.25, 0.3) is 0 Å². The van der Waals surface area contributed by atoms with Gasteiger partial charge in [-0.15, -0.1) is 0 Å². The Morgan fingerprint density at radius 1 is 1.31 bits per heavy atom. The molecule has 2 atom stereocenters. The first-order valence-corrected chi connectivity index (χ1v) is 4.39. The molecular weight excluding hydrogens is 281 g/mol. The molecule has 1 aliphatic carbocycles. The third-order valence-corrected chi connectivity index (χ3v) is 2.49. The van der Waals surface area contributed by atoms with Crippen molar-refractivity contribution in [1.29, 1.82) is 0 Å². The predicted octanol–water partition coefficient (Wildman–Crippen LogP) is -2.21. The van der Waals surface area contributed by atoms with Crippen molar-refractivity contribution in [2.45, 2.75) is 31.9 Å². The molecule has 0 aromatic heterocycles. The molecule has 13 heavy (non-hydrogen) atoms. The molecule has 0 aliphatic heterocycles. The quantitative estimate of drug-likeness (QED) is 0.328. The fourth-order valence-electron chi connectivity index (χ4n) is 1.69. The second-order valence-electron chi connectivity index (χ2n) is 4.41. The van der Waals surface area contributed by atoms with E-state index in [9.17, 15) is 4.79 Å². The van der Waals surface area contributed by atoms with Crippen LogP contribution in [0.3, 0.4) is 0 Å². The van der Waals surface area contributed by atoms with E-state index in [4.69, 9.17) is 4.74 Å². The molecule has 0 N–H and O–H groups in total. The largest absolute Gasteiger partial charge is 1.00 e. The standard InChI is InChI=1S/C9H18NO2.HI/c1-7(11)12-9-6-5-8(9)10(2,3)4;/h8-9H,5-6H2,1-4H3;1H/q+1;/p-1/t8-,9+;/m1./s1. The van der Waals surface area contributed by atoms with E-state index in [0.29, 0.717) is 6.04 Å². The van der Waals surface area contributed by atoms with Crippen LogP contribution < -0.4 is 24.0 Å². The average Bonchev–Trinajstić information content (AvgIpc) is 1.75. The first-order valence-electron chi connectivity index (χ1n) is 4.39. The minimum atomic E-state index is -0.154. The number of carbonyl (C=O) groups excluding carboxylic acids is 1. The van der Waals surface area contributed by atoms with Crippen molar-refractivity contribution in [2.75, 3.05) is 21.1 Å². The Morgan fingerprint density at radius 3 is 2.08 bits per heavy atom. The summed E-state index contributed by atoms with van der Waals surface area (Å²) in [4.78, 5) is 10.7. The van der Waals surface area contributed by atoms with Crippen molar-refractivity contribution >= 4 is 5.97 Å². The van der Waals surface area contributed by atoms with Crippen LogP contribution in [-0.4, -0.2) is 43.7 Å². The molecule has 0 radical (unpaired) electrons. The van der Waals surface area contributed by atoms with Crippen LogP contribution in [0.4, 0.5) is 0 Å². The van der Waals surface area contributed by atoms with Gasteiger partial charge in [0, 0.05) is 13.3 Å². The summed E-state index contributed by atoms with van der Waals surface area (Å²) in [5, 5.41) is 0. The van der Waals surface area contributed by atoms with E-state index < -0.39 is 0 Å². The van der Waals surface area contributed by atoms with Gasteiger partial charge in [0.2, 0.25) is 0 Å². The fraction of sp³-hybridized carbons (Fsp3) is 0.889. The number of hydrogen-bond acceptors (Lipinski definition) is 2. The molecular formula is C9H18INO2. The Kier molecular flexibility index (Phi) is 4.65. The number of ether oxygens (including phenoxy) is 1. The Bertz CT molecular complexity index is 189. The fourth-order valence-corrected chi connectivity index (χ4v) is 1.69. The topological polar surface area (TPSA) is 26.3 Å². The molecule has 0 heterocycles. The monoisotopic (exact) mass is 299 g/mol. The Hall–Kier alpha value is 0.160. The molecule has 3 nitrogen and oxygen atoms in total. The third-order valence-electron chi connectivity index (χ3n) is 2.49. The Balaban J connectivity index is 0.00000144. The highest BCUT2D eigenvalue weighted by atomic mass is 127. The maximum atomic E-state index is 10.7. The number of halogens is 1. The number of likely N-dealkylation sites (N-methyl/N-ethyl adjacent to an activating group) is 1. The Labute approximate surface area is 97.0 Å². The van der Waals surface area contributed by atoms with Gasteiger partial charge in [-0.2, -0.15) is 0 Å². The van der Waals surface area contributed by atoms with Gasteiger partial charge in [0.15, 0.2) is 6.10 Å². The lowest BCUT2D eigenvalue weighted by Crippen LogP contribution is -3.00. The van der Waals surface area contributed by atoms with E-state index >= 15 is 0 Å². The SMILES string of the molecule is CC(=O)O[C@H]1CC[C@H]1[N+](C)(C)C.[I-]. The van der Waals surface area contributed by atoms with Crippen molar-refractivity contribution in [3.8, 4) is 0 Å². The zero-order valence-electron chi connectivity index (χ0n) is 8.71. The van der Waals surface area contributed by atoms with Gasteiger partial charge in [0.05, 0.1) is 21.1 Å². The molecule has 1 rings (SSSR count). The van der Waals surface area contributed by atoms with Crippen LogP contribution in [-0.2, 0) is 9.53 Å². The van der Waals surface area contributed by atoms with Crippen molar-refractivity contribution in [1.82, 2.24) is 0 Å². The van der Waals surface area contributed by atoms with E-state index in [1.807, 2.05) is 0 Å². The van der Waals surface area contributed by atoms with Crippen molar-refractivity contribution in [3.05, 3.63) is 0 Å². The molecule has 0 amide bonds. The van der Waals surface area contributed by atoms with Gasteiger partial charge in [-0.25, -0.2) is 0 Å². The third kappa shape index (κ3) is 3.42. The maximum absolute atomic E-state index is 10.7. The number of carbonyl (C=O) groups is 1. The summed E-state index contributed by atoms with van der Waals surface area (Å²) < 4.78 is 6.06. The molecule has 0 saturated heterocycles. The molecule has 0 aromatic carbocycles. The molecule has 0 aromatic rings. The molecule has 0 bridgehead atoms. The lowest BCUT2D eigenvalue weighted by Gasteiger charge is -2.44. The molecule has 4 heteroatoms. The van der Waals surface area contributed by atoms with Crippen LogP contribution in [0.1, 0.15) is 19.8 Å². The minimum absolute atomic E-state index is 0. The summed E-state index contributed by atoms with van der Waals surface area (Å²) in [5.74, 6) is -0.154. The van der Waals surface area contributed by atoms with Gasteiger partial charge in [-0.05, 0) is 6.42 Å². The van der Waals surface area contributed by atoms with Crippen LogP contribution in [0.15, 0.2) is 0 Å². The maximum Gasteiger partial charge on any atom is 0.303 e. The van der Waals surface area contributed by atoms with Gasteiger partial charge in [0.1, 0.15) is 6.04 Å². The second-order valence-corrected chi connectivity index (χ2v) is 4.41. The number of nitrogens with zero attached hydrogens (tertiary/aromatic N) is 1. The molecule has 1 saturated carbocycles. The highest BCUT2D eigenvalue weighted by Crippen LogP contribution is 2.30. The Morgan fingerprint density at radius 2 is 1.85 bits per heavy atom. The highest BCUT2D eigenvalue weighted by Gasteiger charge is 2.42. The molecule has 78 valence electrons. The summed E-state index contributed by atoms with van der Waals surface area (Å²) in [7, 11) is 6.42. The summed E-state index contributed by atoms with van der Waals surface area (Å²) in [6, 6.07) is 0.494. The lowest BCUT2D eigenvalue weighted by molar-refractivity contribution is -0.905. The van der Waals surface area contributed by atoms with Gasteiger partial charge >= 0.3 is 5.97 Å². The van der Waals surface area contributed by atoms with Gasteiger partial charge in [-0.3, -0.25) is 4.79 Å². The van der Waals surface area contributed by atoms with E-state index in [0.717, 1.165) is 10.9 Å². The second kappa shape index (κ2) is 4.59. The summed E-state index contributed by atoms with van der Waals surface area (Å²) in [6.45, 7) is 1.48. The van der Waals surface area contributed by atoms with Crippen LogP contribution in [0, 0.1) is 0 Å². The zero-order chi connectivity index (χ0) is 9.35. The van der Waals surface area contributed by atoms with Gasteiger partial charge < -0.3 is 33.2 Å². The number of esters is 1. The van der Waals surface area contributed by atoms with E-state index in [-0.39, 0.29) is 36.0 Å². The molecule has 1 fully saturated rings. The van der Waals surface area contributed by atoms with Gasteiger partial charge in [0.25, 0.3) is 0 Å². The first-order chi connectivity index (χ1) is 5.41. The predicted molar refractivity (Wildman–Crippen MR) is 46.6 cm³/mol. The summed E-state index contributed by atoms with van der Waals surface area (Å²) in [5.41, 5.74) is 0. The van der Waals surface area contributed by atoms with E-state index in [1.54, 1.807) is 0 Å².